The number of nitrogens with zero attached hydrogens (tertiary/aromatic N) is 5. The molecular formula is C34H46N8O8S. The van der Waals surface area contributed by atoms with Crippen LogP contribution < -0.4 is 20.1 Å². The highest BCUT2D eigenvalue weighted by Crippen LogP contribution is 2.46. The third-order valence-electron chi connectivity index (χ3n) is 9.65. The summed E-state index contributed by atoms with van der Waals surface area (Å²) in [5.74, 6) is -1.33. The second kappa shape index (κ2) is 14.2. The molecule has 2 saturated carbocycles. The SMILES string of the molecule is COc1ccc(-c2nnn([C@@H]3C[C@H]4C(=O)N[C@]5(C(=O)NS(=O)(=O)C6CC6)CC5/C=C/CCCCC[C@H](NC(=O)OC(C)(C)C)C(=O)N4C3)n2)cc1. The van der Waals surface area contributed by atoms with Gasteiger partial charge in [0.2, 0.25) is 27.7 Å². The number of sulfonamides is 1. The standard InChI is InChI=1S/C34H46N8O8S/c1-33(2,3)50-32(46)35-26-11-9-7-5-6-8-10-22-19-34(22,31(45)39-51(47,48)25-16-17-25)36-29(43)27-18-23(20-41(27)30(26)44)42-38-28(37-40-42)21-12-14-24(49-4)15-13-21/h8,10,12-15,22-23,25-27H,5-7,9,11,16-20H2,1-4H3,(H,35,46)(H,36,43)(H,39,45)/b10-8+/t22?,23-,26+,27+,34-/m1/s1. The number of methoxy groups -OCH3 is 1. The van der Waals surface area contributed by atoms with Gasteiger partial charge in [-0.15, -0.1) is 10.2 Å². The number of rotatable bonds is 7. The summed E-state index contributed by atoms with van der Waals surface area (Å²) in [7, 11) is -2.32. The molecule has 0 spiro atoms. The maximum absolute atomic E-state index is 14.4. The molecule has 2 aliphatic heterocycles. The molecule has 2 aromatic rings. The van der Waals surface area contributed by atoms with Crippen LogP contribution in [0.5, 0.6) is 5.75 Å². The van der Waals surface area contributed by atoms with E-state index in [1.54, 1.807) is 52.1 Å². The van der Waals surface area contributed by atoms with E-state index in [-0.39, 0.29) is 19.4 Å². The molecule has 5 atom stereocenters. The van der Waals surface area contributed by atoms with Gasteiger partial charge in [0, 0.05) is 24.4 Å². The molecule has 1 aromatic heterocycles. The molecule has 276 valence electrons. The van der Waals surface area contributed by atoms with Crippen LogP contribution >= 0.6 is 0 Å². The van der Waals surface area contributed by atoms with E-state index in [1.165, 1.54) is 9.70 Å². The van der Waals surface area contributed by atoms with Crippen molar-refractivity contribution in [2.45, 2.75) is 113 Å². The molecule has 4 amide bonds. The molecule has 0 radical (unpaired) electrons. The van der Waals surface area contributed by atoms with Gasteiger partial charge in [0.05, 0.1) is 18.4 Å². The summed E-state index contributed by atoms with van der Waals surface area (Å²) in [4.78, 5) is 58.0. The smallest absolute Gasteiger partial charge is 0.408 e. The summed E-state index contributed by atoms with van der Waals surface area (Å²) < 4.78 is 38.5. The van der Waals surface area contributed by atoms with Crippen molar-refractivity contribution in [1.29, 1.82) is 0 Å². The number of aromatic nitrogens is 4. The Hall–Kier alpha value is -4.54. The van der Waals surface area contributed by atoms with Crippen LogP contribution in [0, 0.1) is 5.92 Å². The van der Waals surface area contributed by atoms with Crippen molar-refractivity contribution < 1.29 is 37.1 Å². The molecule has 3 fully saturated rings. The first-order valence-corrected chi connectivity index (χ1v) is 19.0. The minimum absolute atomic E-state index is 0.0143. The summed E-state index contributed by atoms with van der Waals surface area (Å²) >= 11 is 0. The molecule has 1 aromatic carbocycles. The number of carbonyl (C=O) groups is 4. The maximum atomic E-state index is 14.4. The Bertz CT molecular complexity index is 1790. The molecule has 3 heterocycles. The van der Waals surface area contributed by atoms with E-state index in [0.717, 1.165) is 12.8 Å². The highest BCUT2D eigenvalue weighted by molar-refractivity contribution is 7.91. The number of hydrogen-bond acceptors (Lipinski definition) is 11. The lowest BCUT2D eigenvalue weighted by molar-refractivity contribution is -0.141. The fourth-order valence-electron chi connectivity index (χ4n) is 6.63. The first-order valence-electron chi connectivity index (χ1n) is 17.5. The van der Waals surface area contributed by atoms with E-state index in [9.17, 15) is 27.6 Å². The van der Waals surface area contributed by atoms with Crippen LogP contribution in [0.4, 0.5) is 4.79 Å². The van der Waals surface area contributed by atoms with Crippen LogP contribution in [-0.4, -0.2) is 99.5 Å². The Morgan fingerprint density at radius 2 is 1.80 bits per heavy atom. The van der Waals surface area contributed by atoms with E-state index in [0.29, 0.717) is 49.2 Å². The van der Waals surface area contributed by atoms with E-state index >= 15 is 0 Å². The van der Waals surface area contributed by atoms with Crippen LogP contribution in [0.25, 0.3) is 11.4 Å². The zero-order valence-corrected chi connectivity index (χ0v) is 30.1. The van der Waals surface area contributed by atoms with Gasteiger partial charge in [0.15, 0.2) is 0 Å². The van der Waals surface area contributed by atoms with Crippen LogP contribution in [0.2, 0.25) is 0 Å². The molecule has 1 unspecified atom stereocenters. The Kier molecular flexibility index (Phi) is 10.1. The number of allylic oxidation sites excluding steroid dienone is 1. The average molecular weight is 727 g/mol. The van der Waals surface area contributed by atoms with Crippen LogP contribution in [0.1, 0.15) is 84.6 Å². The predicted octanol–water partition coefficient (Wildman–Crippen LogP) is 2.39. The maximum Gasteiger partial charge on any atom is 0.408 e. The monoisotopic (exact) mass is 726 g/mol. The molecule has 3 N–H and O–H groups in total. The topological polar surface area (TPSA) is 204 Å². The lowest BCUT2D eigenvalue weighted by atomic mass is 10.0. The number of carbonyl (C=O) groups excluding carboxylic acids is 4. The van der Waals surface area contributed by atoms with Gasteiger partial charge in [-0.2, -0.15) is 4.80 Å². The summed E-state index contributed by atoms with van der Waals surface area (Å²) in [5, 5.41) is 18.0. The number of alkyl carbamates (subject to hydrolysis) is 1. The minimum Gasteiger partial charge on any atom is -0.497 e. The Balaban J connectivity index is 1.30. The van der Waals surface area contributed by atoms with Crippen LogP contribution in [-0.2, 0) is 29.1 Å². The van der Waals surface area contributed by atoms with E-state index < -0.39 is 74.3 Å². The van der Waals surface area contributed by atoms with Crippen molar-refractivity contribution in [3.05, 3.63) is 36.4 Å². The zero-order chi connectivity index (χ0) is 36.6. The molecular weight excluding hydrogens is 680 g/mol. The van der Waals surface area contributed by atoms with Crippen molar-refractivity contribution in [1.82, 2.24) is 40.5 Å². The number of benzene rings is 1. The van der Waals surface area contributed by atoms with E-state index in [4.69, 9.17) is 9.47 Å². The third kappa shape index (κ3) is 8.34. The molecule has 17 heteroatoms. The minimum atomic E-state index is -3.88. The van der Waals surface area contributed by atoms with Gasteiger partial charge in [-0.3, -0.25) is 19.1 Å². The normalized spacial score (nSPS) is 27.9. The number of tetrazole rings is 1. The average Bonchev–Trinajstić information content (AvgIpc) is 3.94. The number of nitrogens with one attached hydrogen (secondary N) is 3. The number of fused-ring (bicyclic) bond motifs is 2. The van der Waals surface area contributed by atoms with Gasteiger partial charge in [-0.1, -0.05) is 25.0 Å². The molecule has 6 rings (SSSR count). The van der Waals surface area contributed by atoms with Crippen LogP contribution in [0.3, 0.4) is 0 Å². The van der Waals surface area contributed by atoms with Crippen molar-refractivity contribution in [3.8, 4) is 17.1 Å². The summed E-state index contributed by atoms with van der Waals surface area (Å²) in [5.41, 5.74) is -1.61. The molecule has 16 nitrogen and oxygen atoms in total. The van der Waals surface area contributed by atoms with Crippen LogP contribution in [0.15, 0.2) is 36.4 Å². The first kappa shape index (κ1) is 36.3. The second-order valence-electron chi connectivity index (χ2n) is 14.8. The summed E-state index contributed by atoms with van der Waals surface area (Å²) in [6.07, 6.45) is 7.47. The highest BCUT2D eigenvalue weighted by atomic mass is 32.2. The molecule has 4 aliphatic rings. The third-order valence-corrected chi connectivity index (χ3v) is 11.5. The fourth-order valence-corrected chi connectivity index (χ4v) is 7.99. The lowest BCUT2D eigenvalue weighted by Crippen LogP contribution is -2.58. The van der Waals surface area contributed by atoms with E-state index in [2.05, 4.69) is 30.8 Å². The largest absolute Gasteiger partial charge is 0.497 e. The molecule has 1 saturated heterocycles. The molecule has 2 aliphatic carbocycles. The Morgan fingerprint density at radius 3 is 2.49 bits per heavy atom. The molecule has 0 bridgehead atoms. The Labute approximate surface area is 297 Å². The number of amides is 4. The number of hydrogen-bond donors (Lipinski definition) is 3. The van der Waals surface area contributed by atoms with Gasteiger partial charge >= 0.3 is 6.09 Å². The van der Waals surface area contributed by atoms with E-state index in [1.807, 2.05) is 12.2 Å². The summed E-state index contributed by atoms with van der Waals surface area (Å²) in [6.45, 7) is 5.19. The lowest BCUT2D eigenvalue weighted by Gasteiger charge is -2.30. The quantitative estimate of drug-likeness (QED) is 0.354. The van der Waals surface area contributed by atoms with Gasteiger partial charge in [-0.05, 0) is 88.8 Å². The van der Waals surface area contributed by atoms with Crippen molar-refractivity contribution in [2.24, 2.45) is 5.92 Å². The number of ether oxygens (including phenoxy) is 2. The van der Waals surface area contributed by atoms with Gasteiger partial charge in [-0.25, -0.2) is 13.2 Å². The Morgan fingerprint density at radius 1 is 1.06 bits per heavy atom. The first-order chi connectivity index (χ1) is 24.2. The van der Waals surface area contributed by atoms with Crippen molar-refractivity contribution in [2.75, 3.05) is 13.7 Å². The predicted molar refractivity (Wildman–Crippen MR) is 183 cm³/mol. The van der Waals surface area contributed by atoms with Crippen molar-refractivity contribution in [3.63, 3.8) is 0 Å². The fraction of sp³-hybridized carbons (Fsp3) is 0.618. The van der Waals surface area contributed by atoms with Crippen molar-refractivity contribution >= 4 is 33.8 Å². The summed E-state index contributed by atoms with van der Waals surface area (Å²) in [6, 6.07) is 4.44. The van der Waals surface area contributed by atoms with Gasteiger partial charge in [0.25, 0.3) is 5.91 Å². The van der Waals surface area contributed by atoms with Gasteiger partial charge in [0.1, 0.15) is 29.0 Å². The second-order valence-corrected chi connectivity index (χ2v) is 16.7. The zero-order valence-electron chi connectivity index (χ0n) is 29.3. The highest BCUT2D eigenvalue weighted by Gasteiger charge is 2.62. The molecule has 51 heavy (non-hydrogen) atoms. The van der Waals surface area contributed by atoms with Gasteiger partial charge < -0.3 is 25.0 Å².